The van der Waals surface area contributed by atoms with Crippen molar-refractivity contribution in [1.82, 2.24) is 10.2 Å². The van der Waals surface area contributed by atoms with Crippen LogP contribution in [0.3, 0.4) is 0 Å². The van der Waals surface area contributed by atoms with Gasteiger partial charge in [-0.3, -0.25) is 4.79 Å². The van der Waals surface area contributed by atoms with E-state index >= 15 is 0 Å². The van der Waals surface area contributed by atoms with Gasteiger partial charge in [-0.25, -0.2) is 0 Å². The Morgan fingerprint density at radius 1 is 1.69 bits per heavy atom. The summed E-state index contributed by atoms with van der Waals surface area (Å²) in [5, 5.41) is 5.27. The van der Waals surface area contributed by atoms with Crippen LogP contribution in [-0.2, 0) is 11.3 Å². The number of amides is 1. The second-order valence-electron chi connectivity index (χ2n) is 3.69. The van der Waals surface area contributed by atoms with E-state index in [4.69, 9.17) is 0 Å². The zero-order chi connectivity index (χ0) is 12.1. The summed E-state index contributed by atoms with van der Waals surface area (Å²) in [4.78, 5) is 14.7. The van der Waals surface area contributed by atoms with Gasteiger partial charge in [-0.2, -0.15) is 0 Å². The molecule has 0 radical (unpaired) electrons. The number of thiophene rings is 1. The smallest absolute Gasteiger partial charge is 0.239 e. The standard InChI is InChI=1S/C11H17BrN2OS/c1-4-14(3)11(15)8(2)13-6-10-5-9(12)7-16-10/h5,7-8,13H,4,6H2,1-3H3. The molecule has 0 bridgehead atoms. The van der Waals surface area contributed by atoms with Gasteiger partial charge < -0.3 is 10.2 Å². The maximum atomic E-state index is 11.8. The minimum atomic E-state index is -0.133. The molecule has 5 heteroatoms. The van der Waals surface area contributed by atoms with E-state index in [0.29, 0.717) is 0 Å². The van der Waals surface area contributed by atoms with Crippen LogP contribution in [0.4, 0.5) is 0 Å². The van der Waals surface area contributed by atoms with Crippen molar-refractivity contribution >= 4 is 33.2 Å². The SMILES string of the molecule is CCN(C)C(=O)C(C)NCc1cc(Br)cs1. The molecule has 3 nitrogen and oxygen atoms in total. The first kappa shape index (κ1) is 13.7. The van der Waals surface area contributed by atoms with Gasteiger partial charge in [0, 0.05) is 34.9 Å². The number of likely N-dealkylation sites (N-methyl/N-ethyl adjacent to an activating group) is 1. The lowest BCUT2D eigenvalue weighted by molar-refractivity contribution is -0.131. The minimum Gasteiger partial charge on any atom is -0.345 e. The molecule has 1 N–H and O–H groups in total. The fourth-order valence-electron chi connectivity index (χ4n) is 1.27. The molecule has 1 amide bonds. The third kappa shape index (κ3) is 3.88. The molecule has 90 valence electrons. The monoisotopic (exact) mass is 304 g/mol. The lowest BCUT2D eigenvalue weighted by Crippen LogP contribution is -2.42. The van der Waals surface area contributed by atoms with Crippen LogP contribution in [0.5, 0.6) is 0 Å². The van der Waals surface area contributed by atoms with Crippen molar-refractivity contribution in [3.8, 4) is 0 Å². The molecule has 0 saturated heterocycles. The van der Waals surface area contributed by atoms with Crippen LogP contribution < -0.4 is 5.32 Å². The zero-order valence-corrected chi connectivity index (χ0v) is 12.2. The molecule has 1 heterocycles. The maximum absolute atomic E-state index is 11.8. The third-order valence-corrected chi connectivity index (χ3v) is 4.12. The number of nitrogens with one attached hydrogen (secondary N) is 1. The second kappa shape index (κ2) is 6.37. The normalized spacial score (nSPS) is 12.5. The molecule has 0 aliphatic rings. The van der Waals surface area contributed by atoms with Gasteiger partial charge in [0.1, 0.15) is 0 Å². The summed E-state index contributed by atoms with van der Waals surface area (Å²) in [6, 6.07) is 1.93. The average Bonchev–Trinajstić information content (AvgIpc) is 2.69. The number of halogens is 1. The summed E-state index contributed by atoms with van der Waals surface area (Å²) < 4.78 is 1.10. The van der Waals surface area contributed by atoms with Gasteiger partial charge in [0.15, 0.2) is 0 Å². The Kier molecular flexibility index (Phi) is 5.44. The van der Waals surface area contributed by atoms with Gasteiger partial charge in [-0.1, -0.05) is 0 Å². The van der Waals surface area contributed by atoms with Crippen LogP contribution in [0.2, 0.25) is 0 Å². The molecule has 1 aromatic heterocycles. The van der Waals surface area contributed by atoms with Crippen molar-refractivity contribution in [1.29, 1.82) is 0 Å². The maximum Gasteiger partial charge on any atom is 0.239 e. The van der Waals surface area contributed by atoms with Gasteiger partial charge in [0.25, 0.3) is 0 Å². The molecule has 0 aromatic carbocycles. The molecular weight excluding hydrogens is 288 g/mol. The zero-order valence-electron chi connectivity index (χ0n) is 9.79. The number of hydrogen-bond acceptors (Lipinski definition) is 3. The van der Waals surface area contributed by atoms with Crippen molar-refractivity contribution in [3.63, 3.8) is 0 Å². The molecule has 0 aliphatic heterocycles. The van der Waals surface area contributed by atoms with E-state index in [0.717, 1.165) is 17.6 Å². The summed E-state index contributed by atoms with van der Waals surface area (Å²) in [5.74, 6) is 0.137. The lowest BCUT2D eigenvalue weighted by atomic mass is 10.3. The Morgan fingerprint density at radius 3 is 2.88 bits per heavy atom. The van der Waals surface area contributed by atoms with Crippen LogP contribution in [0.1, 0.15) is 18.7 Å². The molecular formula is C11H17BrN2OS. The Balaban J connectivity index is 2.40. The van der Waals surface area contributed by atoms with Gasteiger partial charge in [0.05, 0.1) is 6.04 Å². The number of hydrogen-bond donors (Lipinski definition) is 1. The highest BCUT2D eigenvalue weighted by molar-refractivity contribution is 9.10. The van der Waals surface area contributed by atoms with Crippen molar-refractivity contribution in [2.75, 3.05) is 13.6 Å². The molecule has 16 heavy (non-hydrogen) atoms. The van der Waals surface area contributed by atoms with E-state index in [1.54, 1.807) is 16.2 Å². The second-order valence-corrected chi connectivity index (χ2v) is 5.60. The summed E-state index contributed by atoms with van der Waals surface area (Å²) in [6.07, 6.45) is 0. The Morgan fingerprint density at radius 2 is 2.38 bits per heavy atom. The van der Waals surface area contributed by atoms with Crippen LogP contribution in [0, 0.1) is 0 Å². The van der Waals surface area contributed by atoms with Gasteiger partial charge in [-0.05, 0) is 35.8 Å². The molecule has 1 atom stereocenters. The molecule has 0 aliphatic carbocycles. The van der Waals surface area contributed by atoms with E-state index in [-0.39, 0.29) is 11.9 Å². The minimum absolute atomic E-state index is 0.133. The predicted molar refractivity (Wildman–Crippen MR) is 71.6 cm³/mol. The fourth-order valence-corrected chi connectivity index (χ4v) is 2.68. The number of rotatable bonds is 5. The summed E-state index contributed by atoms with van der Waals surface area (Å²) in [5.41, 5.74) is 0. The fraction of sp³-hybridized carbons (Fsp3) is 0.545. The summed E-state index contributed by atoms with van der Waals surface area (Å²) in [7, 11) is 1.82. The van der Waals surface area contributed by atoms with E-state index in [2.05, 4.69) is 27.3 Å². The van der Waals surface area contributed by atoms with Gasteiger partial charge in [-0.15, -0.1) is 11.3 Å². The number of nitrogens with zero attached hydrogens (tertiary/aromatic N) is 1. The molecule has 1 unspecified atom stereocenters. The highest BCUT2D eigenvalue weighted by Crippen LogP contribution is 2.19. The highest BCUT2D eigenvalue weighted by atomic mass is 79.9. The van der Waals surface area contributed by atoms with Crippen LogP contribution in [-0.4, -0.2) is 30.4 Å². The van der Waals surface area contributed by atoms with Crippen molar-refractivity contribution in [2.45, 2.75) is 26.4 Å². The lowest BCUT2D eigenvalue weighted by Gasteiger charge is -2.20. The first-order chi connectivity index (χ1) is 7.54. The summed E-state index contributed by atoms with van der Waals surface area (Å²) >= 11 is 5.09. The van der Waals surface area contributed by atoms with Gasteiger partial charge in [0.2, 0.25) is 5.91 Å². The molecule has 0 fully saturated rings. The first-order valence-corrected chi connectivity index (χ1v) is 6.93. The molecule has 1 rings (SSSR count). The van der Waals surface area contributed by atoms with E-state index in [9.17, 15) is 4.79 Å². The van der Waals surface area contributed by atoms with E-state index in [1.807, 2.05) is 26.3 Å². The number of carbonyl (C=O) groups excluding carboxylic acids is 1. The Bertz CT molecular complexity index is 354. The van der Waals surface area contributed by atoms with Crippen molar-refractivity contribution in [3.05, 3.63) is 20.8 Å². The van der Waals surface area contributed by atoms with Gasteiger partial charge >= 0.3 is 0 Å². The van der Waals surface area contributed by atoms with Crippen LogP contribution in [0.15, 0.2) is 15.9 Å². The summed E-state index contributed by atoms with van der Waals surface area (Å²) in [6.45, 7) is 5.36. The Labute approximate surface area is 109 Å². The topological polar surface area (TPSA) is 32.3 Å². The third-order valence-electron chi connectivity index (χ3n) is 2.43. The largest absolute Gasteiger partial charge is 0.345 e. The molecule has 1 aromatic rings. The van der Waals surface area contributed by atoms with Crippen LogP contribution in [0.25, 0.3) is 0 Å². The van der Waals surface area contributed by atoms with Crippen LogP contribution >= 0.6 is 27.3 Å². The Hall–Kier alpha value is -0.390. The number of carbonyl (C=O) groups is 1. The quantitative estimate of drug-likeness (QED) is 0.906. The van der Waals surface area contributed by atoms with Crippen molar-refractivity contribution < 1.29 is 4.79 Å². The highest BCUT2D eigenvalue weighted by Gasteiger charge is 2.15. The molecule has 0 spiro atoms. The predicted octanol–water partition coefficient (Wildman–Crippen LogP) is 2.47. The van der Waals surface area contributed by atoms with E-state index < -0.39 is 0 Å². The average molecular weight is 305 g/mol. The first-order valence-electron chi connectivity index (χ1n) is 5.25. The molecule has 0 saturated carbocycles. The van der Waals surface area contributed by atoms with E-state index in [1.165, 1.54) is 4.88 Å². The van der Waals surface area contributed by atoms with Crippen molar-refractivity contribution in [2.24, 2.45) is 0 Å².